The van der Waals surface area contributed by atoms with Gasteiger partial charge in [-0.15, -0.1) is 0 Å². The van der Waals surface area contributed by atoms with Crippen molar-refractivity contribution in [3.8, 4) is 23.0 Å². The molecule has 0 aromatic heterocycles. The van der Waals surface area contributed by atoms with E-state index in [0.29, 0.717) is 28.9 Å². The van der Waals surface area contributed by atoms with Gasteiger partial charge in [-0.3, -0.25) is 4.79 Å². The third-order valence-electron chi connectivity index (χ3n) is 4.55. The Morgan fingerprint density at radius 2 is 1.83 bits per heavy atom. The van der Waals surface area contributed by atoms with Crippen LogP contribution in [0.15, 0.2) is 36.4 Å². The molecule has 0 saturated heterocycles. The van der Waals surface area contributed by atoms with Gasteiger partial charge >= 0.3 is 0 Å². The predicted molar refractivity (Wildman–Crippen MR) is 108 cm³/mol. The van der Waals surface area contributed by atoms with Crippen LogP contribution in [0.4, 0.5) is 0 Å². The molecule has 1 unspecified atom stereocenters. The molecule has 0 saturated carbocycles. The van der Waals surface area contributed by atoms with Crippen molar-refractivity contribution in [2.24, 2.45) is 0 Å². The van der Waals surface area contributed by atoms with Gasteiger partial charge in [-0.1, -0.05) is 19.9 Å². The van der Waals surface area contributed by atoms with Crippen LogP contribution in [0.3, 0.4) is 0 Å². The van der Waals surface area contributed by atoms with Crippen molar-refractivity contribution < 1.29 is 28.8 Å². The summed E-state index contributed by atoms with van der Waals surface area (Å²) in [6, 6.07) is 11.0. The van der Waals surface area contributed by atoms with Crippen LogP contribution in [-0.4, -0.2) is 43.7 Å². The van der Waals surface area contributed by atoms with Crippen LogP contribution in [0.5, 0.6) is 23.0 Å². The van der Waals surface area contributed by atoms with Crippen LogP contribution in [0, 0.1) is 6.92 Å². The number of fused-ring (bicyclic) bond motifs is 1. The van der Waals surface area contributed by atoms with Crippen LogP contribution in [0.25, 0.3) is 0 Å². The molecule has 29 heavy (non-hydrogen) atoms. The minimum Gasteiger partial charge on any atom is -0.491 e. The molecule has 3 rings (SSSR count). The minimum absolute atomic E-state index is 0.0383. The number of nitrogens with one attached hydrogen (secondary N) is 1. The maximum Gasteiger partial charge on any atom is 0.258 e. The Kier molecular flexibility index (Phi) is 6.82. The summed E-state index contributed by atoms with van der Waals surface area (Å²) in [5.41, 5.74) is 2.39. The lowest BCUT2D eigenvalue weighted by molar-refractivity contribution is -0.123. The van der Waals surface area contributed by atoms with Gasteiger partial charge in [0.1, 0.15) is 24.2 Å². The van der Waals surface area contributed by atoms with Crippen molar-refractivity contribution in [1.82, 2.24) is 5.32 Å². The number of carbonyl (C=O) groups excluding carboxylic acids is 1. The Morgan fingerprint density at radius 1 is 1.10 bits per heavy atom. The first-order valence-electron chi connectivity index (χ1n) is 9.63. The first kappa shape index (κ1) is 20.8. The van der Waals surface area contributed by atoms with Gasteiger partial charge in [-0.2, -0.15) is 0 Å². The van der Waals surface area contributed by atoms with Gasteiger partial charge in [0.2, 0.25) is 6.79 Å². The van der Waals surface area contributed by atoms with Crippen molar-refractivity contribution >= 4 is 5.91 Å². The van der Waals surface area contributed by atoms with E-state index in [1.165, 1.54) is 5.56 Å². The smallest absolute Gasteiger partial charge is 0.258 e. The molecule has 0 radical (unpaired) electrons. The zero-order valence-electron chi connectivity index (χ0n) is 16.9. The van der Waals surface area contributed by atoms with Crippen LogP contribution >= 0.6 is 0 Å². The summed E-state index contributed by atoms with van der Waals surface area (Å²) in [6.45, 7) is 6.48. The second-order valence-corrected chi connectivity index (χ2v) is 7.25. The molecule has 7 heteroatoms. The molecule has 0 aliphatic carbocycles. The molecule has 0 bridgehead atoms. The van der Waals surface area contributed by atoms with E-state index in [2.05, 4.69) is 19.2 Å². The van der Waals surface area contributed by atoms with Crippen molar-refractivity contribution in [1.29, 1.82) is 0 Å². The summed E-state index contributed by atoms with van der Waals surface area (Å²) >= 11 is 0. The second kappa shape index (κ2) is 9.52. The highest BCUT2D eigenvalue weighted by atomic mass is 16.7. The number of rotatable bonds is 9. The fraction of sp³-hybridized carbons (Fsp3) is 0.409. The molecule has 2 aromatic rings. The summed E-state index contributed by atoms with van der Waals surface area (Å²) in [4.78, 5) is 12.0. The van der Waals surface area contributed by atoms with E-state index in [9.17, 15) is 9.90 Å². The van der Waals surface area contributed by atoms with Crippen molar-refractivity contribution in [2.45, 2.75) is 32.8 Å². The zero-order chi connectivity index (χ0) is 20.8. The predicted octanol–water partition coefficient (Wildman–Crippen LogP) is 2.78. The first-order chi connectivity index (χ1) is 13.9. The quantitative estimate of drug-likeness (QED) is 0.672. The minimum atomic E-state index is -0.850. The van der Waals surface area contributed by atoms with Gasteiger partial charge in [-0.25, -0.2) is 0 Å². The number of benzene rings is 2. The Bertz CT molecular complexity index is 851. The van der Waals surface area contributed by atoms with Gasteiger partial charge in [-0.05, 0) is 48.2 Å². The highest BCUT2D eigenvalue weighted by molar-refractivity contribution is 5.77. The fourth-order valence-corrected chi connectivity index (χ4v) is 3.04. The lowest BCUT2D eigenvalue weighted by Gasteiger charge is -2.14. The zero-order valence-corrected chi connectivity index (χ0v) is 16.9. The number of aryl methyl sites for hydroxylation is 1. The lowest BCUT2D eigenvalue weighted by atomic mass is 9.98. The third kappa shape index (κ3) is 5.77. The lowest BCUT2D eigenvalue weighted by Crippen LogP contribution is -2.37. The SMILES string of the molecule is Cc1cc(OCC(=O)NCC(O)COc2ccc3c(c2)OCO3)ccc1C(C)C. The van der Waals surface area contributed by atoms with Crippen molar-refractivity contribution in [2.75, 3.05) is 26.6 Å². The van der Waals surface area contributed by atoms with Crippen LogP contribution in [-0.2, 0) is 4.79 Å². The average molecular weight is 401 g/mol. The number of carbonyl (C=O) groups is 1. The summed E-state index contributed by atoms with van der Waals surface area (Å²) in [6.07, 6.45) is -0.850. The molecule has 1 aliphatic rings. The highest BCUT2D eigenvalue weighted by Crippen LogP contribution is 2.35. The molecule has 2 N–H and O–H groups in total. The molecular formula is C22H27NO6. The summed E-state index contributed by atoms with van der Waals surface area (Å²) in [5.74, 6) is 2.61. The topological polar surface area (TPSA) is 86.3 Å². The standard InChI is InChI=1S/C22H27NO6/c1-14(2)19-6-4-17(8-15(19)3)27-12-22(25)23-10-16(24)11-26-18-5-7-20-21(9-18)29-13-28-20/h4-9,14,16,24H,10-13H2,1-3H3,(H,23,25). The molecule has 1 amide bonds. The number of aliphatic hydroxyl groups excluding tert-OH is 1. The van der Waals surface area contributed by atoms with E-state index in [0.717, 1.165) is 5.56 Å². The van der Waals surface area contributed by atoms with Crippen molar-refractivity contribution in [3.63, 3.8) is 0 Å². The van der Waals surface area contributed by atoms with Crippen LogP contribution in [0.2, 0.25) is 0 Å². The number of aliphatic hydroxyl groups is 1. The van der Waals surface area contributed by atoms with Gasteiger partial charge in [0, 0.05) is 12.6 Å². The van der Waals surface area contributed by atoms with E-state index in [1.807, 2.05) is 25.1 Å². The Hall–Kier alpha value is -2.93. The number of hydrogen-bond donors (Lipinski definition) is 2. The third-order valence-corrected chi connectivity index (χ3v) is 4.55. The summed E-state index contributed by atoms with van der Waals surface area (Å²) in [5, 5.41) is 12.7. The molecular weight excluding hydrogens is 374 g/mol. The average Bonchev–Trinajstić information content (AvgIpc) is 3.16. The largest absolute Gasteiger partial charge is 0.491 e. The number of amides is 1. The molecule has 1 heterocycles. The number of ether oxygens (including phenoxy) is 4. The molecule has 1 atom stereocenters. The van der Waals surface area contributed by atoms with Gasteiger partial charge in [0.15, 0.2) is 18.1 Å². The van der Waals surface area contributed by atoms with Crippen LogP contribution in [0.1, 0.15) is 30.9 Å². The van der Waals surface area contributed by atoms with E-state index < -0.39 is 6.10 Å². The molecule has 156 valence electrons. The molecule has 1 aliphatic heterocycles. The Labute approximate surface area is 170 Å². The normalized spacial score (nSPS) is 13.3. The van der Waals surface area contributed by atoms with Gasteiger partial charge in [0.25, 0.3) is 5.91 Å². The number of hydrogen-bond acceptors (Lipinski definition) is 6. The monoisotopic (exact) mass is 401 g/mol. The van der Waals surface area contributed by atoms with E-state index in [1.54, 1.807) is 18.2 Å². The molecule has 0 fully saturated rings. The molecule has 7 nitrogen and oxygen atoms in total. The van der Waals surface area contributed by atoms with Gasteiger partial charge in [0.05, 0.1) is 0 Å². The van der Waals surface area contributed by atoms with Crippen LogP contribution < -0.4 is 24.3 Å². The highest BCUT2D eigenvalue weighted by Gasteiger charge is 2.15. The van der Waals surface area contributed by atoms with Crippen molar-refractivity contribution in [3.05, 3.63) is 47.5 Å². The molecule has 0 spiro atoms. The molecule has 2 aromatic carbocycles. The summed E-state index contributed by atoms with van der Waals surface area (Å²) < 4.78 is 21.6. The maximum absolute atomic E-state index is 12.0. The van der Waals surface area contributed by atoms with E-state index >= 15 is 0 Å². The summed E-state index contributed by atoms with van der Waals surface area (Å²) in [7, 11) is 0. The van der Waals surface area contributed by atoms with E-state index in [-0.39, 0.29) is 32.5 Å². The Morgan fingerprint density at radius 3 is 2.59 bits per heavy atom. The second-order valence-electron chi connectivity index (χ2n) is 7.25. The Balaban J connectivity index is 1.37. The van der Waals surface area contributed by atoms with Gasteiger partial charge < -0.3 is 29.4 Å². The van der Waals surface area contributed by atoms with E-state index in [4.69, 9.17) is 18.9 Å². The maximum atomic E-state index is 12.0. The fourth-order valence-electron chi connectivity index (χ4n) is 3.04. The first-order valence-corrected chi connectivity index (χ1v) is 9.63.